The maximum atomic E-state index is 12.6. The van der Waals surface area contributed by atoms with E-state index in [4.69, 9.17) is 0 Å². The third-order valence-electron chi connectivity index (χ3n) is 6.25. The third-order valence-corrected chi connectivity index (χ3v) is 6.25. The zero-order valence-corrected chi connectivity index (χ0v) is 17.2. The fourth-order valence-electron chi connectivity index (χ4n) is 4.80. The molecule has 1 aliphatic carbocycles. The number of rotatable bonds is 5. The van der Waals surface area contributed by atoms with E-state index >= 15 is 0 Å². The average molecular weight is 405 g/mol. The van der Waals surface area contributed by atoms with Gasteiger partial charge in [-0.1, -0.05) is 12.1 Å². The number of hydrogen-bond acceptors (Lipinski definition) is 5. The predicted octanol–water partition coefficient (Wildman–Crippen LogP) is 3.03. The first-order valence-corrected chi connectivity index (χ1v) is 10.9. The van der Waals surface area contributed by atoms with Crippen LogP contribution in [0.4, 0.5) is 11.5 Å². The molecule has 1 saturated heterocycles. The predicted molar refractivity (Wildman–Crippen MR) is 119 cm³/mol. The number of aromatic nitrogens is 3. The molecule has 0 radical (unpaired) electrons. The Labute approximate surface area is 176 Å². The smallest absolute Gasteiger partial charge is 0.239 e. The Morgan fingerprint density at radius 3 is 3.07 bits per heavy atom. The molecule has 0 bridgehead atoms. The van der Waals surface area contributed by atoms with E-state index in [1.807, 2.05) is 12.3 Å². The Bertz CT molecular complexity index is 1050. The lowest BCUT2D eigenvalue weighted by atomic mass is 9.90. The Morgan fingerprint density at radius 2 is 2.10 bits per heavy atom. The van der Waals surface area contributed by atoms with Gasteiger partial charge in [-0.3, -0.25) is 4.79 Å². The Balaban J connectivity index is 1.20. The number of fused-ring (bicyclic) bond motifs is 2. The molecule has 1 atom stereocenters. The van der Waals surface area contributed by atoms with Gasteiger partial charge in [0.2, 0.25) is 5.91 Å². The number of nitrogens with one attached hydrogen (secondary N) is 3. The number of benzene rings is 1. The van der Waals surface area contributed by atoms with Gasteiger partial charge in [0.15, 0.2) is 0 Å². The summed E-state index contributed by atoms with van der Waals surface area (Å²) in [4.78, 5) is 26.8. The van der Waals surface area contributed by atoms with Crippen molar-refractivity contribution in [2.75, 3.05) is 29.9 Å². The number of nitrogens with zero attached hydrogens (tertiary/aromatic N) is 3. The van der Waals surface area contributed by atoms with Crippen LogP contribution in [0.5, 0.6) is 0 Å². The number of amides is 1. The number of aryl methyl sites for hydroxylation is 1. The van der Waals surface area contributed by atoms with Crippen molar-refractivity contribution in [3.05, 3.63) is 47.9 Å². The Hall–Kier alpha value is -3.09. The van der Waals surface area contributed by atoms with Gasteiger partial charge in [0.1, 0.15) is 17.8 Å². The zero-order chi connectivity index (χ0) is 20.3. The number of anilines is 2. The van der Waals surface area contributed by atoms with Gasteiger partial charge in [-0.2, -0.15) is 0 Å². The fraction of sp³-hybridized carbons (Fsp3) is 0.435. The minimum Gasteiger partial charge on any atom is -0.376 e. The summed E-state index contributed by atoms with van der Waals surface area (Å²) in [5.41, 5.74) is 4.78. The summed E-state index contributed by atoms with van der Waals surface area (Å²) in [5.74, 6) is 0.985. The highest BCUT2D eigenvalue weighted by Gasteiger charge is 2.24. The molecule has 2 aliphatic rings. The lowest BCUT2D eigenvalue weighted by Gasteiger charge is -2.34. The lowest BCUT2D eigenvalue weighted by molar-refractivity contribution is -0.120. The molecule has 3 aromatic rings. The molecule has 1 aromatic carbocycles. The molecule has 7 heteroatoms. The molecule has 3 heterocycles. The highest BCUT2D eigenvalue weighted by molar-refractivity contribution is 5.87. The number of carbonyl (C=O) groups excluding carboxylic acids is 1. The summed E-state index contributed by atoms with van der Waals surface area (Å²) in [6.45, 7) is 2.02. The Morgan fingerprint density at radius 1 is 1.17 bits per heavy atom. The van der Waals surface area contributed by atoms with Gasteiger partial charge in [-0.25, -0.2) is 9.97 Å². The van der Waals surface area contributed by atoms with Crippen LogP contribution in [0.15, 0.2) is 36.8 Å². The molecule has 7 nitrogen and oxygen atoms in total. The van der Waals surface area contributed by atoms with E-state index < -0.39 is 0 Å². The largest absolute Gasteiger partial charge is 0.376 e. The van der Waals surface area contributed by atoms with E-state index in [1.165, 1.54) is 24.0 Å². The van der Waals surface area contributed by atoms with Crippen molar-refractivity contribution in [2.45, 2.75) is 44.6 Å². The molecule has 1 aliphatic heterocycles. The van der Waals surface area contributed by atoms with Gasteiger partial charge in [-0.15, -0.1) is 0 Å². The number of carbonyl (C=O) groups is 1. The van der Waals surface area contributed by atoms with Gasteiger partial charge in [0, 0.05) is 31.0 Å². The fourth-order valence-corrected chi connectivity index (χ4v) is 4.80. The molecule has 156 valence electrons. The lowest BCUT2D eigenvalue weighted by Crippen LogP contribution is -2.49. The summed E-state index contributed by atoms with van der Waals surface area (Å²) in [7, 11) is 0. The van der Waals surface area contributed by atoms with Crippen molar-refractivity contribution in [1.82, 2.24) is 20.3 Å². The van der Waals surface area contributed by atoms with Crippen molar-refractivity contribution < 1.29 is 4.79 Å². The van der Waals surface area contributed by atoms with Crippen molar-refractivity contribution >= 4 is 28.4 Å². The van der Waals surface area contributed by atoms with Crippen LogP contribution in [0, 0.1) is 0 Å². The minimum absolute atomic E-state index is 0.0461. The van der Waals surface area contributed by atoms with Gasteiger partial charge in [0.25, 0.3) is 0 Å². The van der Waals surface area contributed by atoms with E-state index in [1.54, 1.807) is 6.33 Å². The van der Waals surface area contributed by atoms with E-state index in [-0.39, 0.29) is 11.9 Å². The van der Waals surface area contributed by atoms with E-state index in [2.05, 4.69) is 48.7 Å². The van der Waals surface area contributed by atoms with Gasteiger partial charge < -0.3 is 20.5 Å². The topological polar surface area (TPSA) is 85.9 Å². The van der Waals surface area contributed by atoms with Crippen LogP contribution in [0.1, 0.15) is 36.8 Å². The summed E-state index contributed by atoms with van der Waals surface area (Å²) < 4.78 is 0. The second kappa shape index (κ2) is 8.34. The molecular formula is C23H28N6O. The second-order valence-electron chi connectivity index (χ2n) is 8.29. The molecule has 0 unspecified atom stereocenters. The number of hydrogen-bond donors (Lipinski definition) is 3. The van der Waals surface area contributed by atoms with Crippen molar-refractivity contribution in [2.24, 2.45) is 0 Å². The first-order valence-electron chi connectivity index (χ1n) is 10.9. The summed E-state index contributed by atoms with van der Waals surface area (Å²) in [5, 5.41) is 7.62. The Kier molecular flexibility index (Phi) is 5.26. The minimum atomic E-state index is 0.0461. The van der Waals surface area contributed by atoms with Crippen LogP contribution in [-0.4, -0.2) is 46.5 Å². The second-order valence-corrected chi connectivity index (χ2v) is 8.29. The third kappa shape index (κ3) is 3.84. The summed E-state index contributed by atoms with van der Waals surface area (Å²) in [6.07, 6.45) is 10.2. The first-order chi connectivity index (χ1) is 14.8. The van der Waals surface area contributed by atoms with Crippen molar-refractivity contribution in [3.8, 4) is 0 Å². The average Bonchev–Trinajstić information content (AvgIpc) is 3.27. The molecular weight excluding hydrogens is 376 g/mol. The van der Waals surface area contributed by atoms with Crippen LogP contribution in [0.3, 0.4) is 0 Å². The molecule has 3 N–H and O–H groups in total. The molecule has 1 fully saturated rings. The van der Waals surface area contributed by atoms with Crippen LogP contribution in [0.2, 0.25) is 0 Å². The van der Waals surface area contributed by atoms with Crippen molar-refractivity contribution in [1.29, 1.82) is 0 Å². The number of piperidine rings is 1. The summed E-state index contributed by atoms with van der Waals surface area (Å²) >= 11 is 0. The molecule has 1 amide bonds. The molecule has 0 spiro atoms. The monoisotopic (exact) mass is 404 g/mol. The highest BCUT2D eigenvalue weighted by Crippen LogP contribution is 2.28. The highest BCUT2D eigenvalue weighted by atomic mass is 16.2. The standard InChI is InChI=1S/C23H28N6O/c30-21(13-25-20-9-3-6-16-5-1-2-8-18(16)20)28-17-7-4-12-29(14-17)23-19-10-11-24-22(19)26-15-27-23/h3,6,9-11,15,17,25H,1-2,4-5,7-8,12-14H2,(H,28,30)(H,24,26,27)/t17-/m1/s1. The number of aromatic amines is 1. The van der Waals surface area contributed by atoms with Gasteiger partial charge >= 0.3 is 0 Å². The quantitative estimate of drug-likeness (QED) is 0.609. The van der Waals surface area contributed by atoms with Crippen LogP contribution >= 0.6 is 0 Å². The molecule has 5 rings (SSSR count). The molecule has 2 aromatic heterocycles. The van der Waals surface area contributed by atoms with Crippen molar-refractivity contribution in [3.63, 3.8) is 0 Å². The maximum absolute atomic E-state index is 12.6. The number of H-pyrrole nitrogens is 1. The molecule has 30 heavy (non-hydrogen) atoms. The van der Waals surface area contributed by atoms with E-state index in [9.17, 15) is 4.79 Å². The summed E-state index contributed by atoms with van der Waals surface area (Å²) in [6, 6.07) is 8.54. The van der Waals surface area contributed by atoms with E-state index in [0.29, 0.717) is 6.54 Å². The first kappa shape index (κ1) is 18.9. The van der Waals surface area contributed by atoms with Crippen LogP contribution in [-0.2, 0) is 17.6 Å². The van der Waals surface area contributed by atoms with E-state index in [0.717, 1.165) is 61.3 Å². The van der Waals surface area contributed by atoms with Gasteiger partial charge in [-0.05, 0) is 61.8 Å². The SMILES string of the molecule is O=C(CNc1cccc2c1CCCC2)N[C@@H]1CCCN(c2ncnc3[nH]ccc23)C1. The van der Waals surface area contributed by atoms with Crippen LogP contribution in [0.25, 0.3) is 11.0 Å². The normalized spacial score (nSPS) is 18.8. The maximum Gasteiger partial charge on any atom is 0.239 e. The van der Waals surface area contributed by atoms with Gasteiger partial charge in [0.05, 0.1) is 11.9 Å². The zero-order valence-electron chi connectivity index (χ0n) is 17.2. The van der Waals surface area contributed by atoms with Crippen LogP contribution < -0.4 is 15.5 Å². The molecule has 0 saturated carbocycles.